The highest BCUT2D eigenvalue weighted by Crippen LogP contribution is 2.18. The van der Waals surface area contributed by atoms with E-state index in [9.17, 15) is 4.79 Å². The molecule has 0 aromatic heterocycles. The van der Waals surface area contributed by atoms with Gasteiger partial charge in [-0.2, -0.15) is 0 Å². The van der Waals surface area contributed by atoms with Crippen molar-refractivity contribution in [3.8, 4) is 0 Å². The van der Waals surface area contributed by atoms with Gasteiger partial charge in [-0.05, 0) is 41.1 Å². The minimum atomic E-state index is -0.341. The fourth-order valence-corrected chi connectivity index (χ4v) is 1.82. The van der Waals surface area contributed by atoms with Gasteiger partial charge in [0.25, 0.3) is 0 Å². The summed E-state index contributed by atoms with van der Waals surface area (Å²) in [6.07, 6.45) is 0. The van der Waals surface area contributed by atoms with Crippen molar-refractivity contribution in [1.29, 1.82) is 0 Å². The summed E-state index contributed by atoms with van der Waals surface area (Å²) in [6.45, 7) is 2.06. The fourth-order valence-electron chi connectivity index (χ4n) is 1.07. The summed E-state index contributed by atoms with van der Waals surface area (Å²) < 4.78 is 5.64. The molecule has 0 fully saturated rings. The Balaban J connectivity index is 3.03. The third-order valence-electron chi connectivity index (χ3n) is 1.74. The molecule has 1 rings (SSSR count). The van der Waals surface area contributed by atoms with Gasteiger partial charge in [0.15, 0.2) is 0 Å². The Labute approximate surface area is 96.2 Å². The van der Waals surface area contributed by atoms with Gasteiger partial charge in [0.2, 0.25) is 0 Å². The molecule has 0 heterocycles. The number of aliphatic hydroxyl groups is 1. The molecular formula is C10H11IO3. The molecule has 0 radical (unpaired) electrons. The van der Waals surface area contributed by atoms with E-state index in [4.69, 9.17) is 9.84 Å². The Morgan fingerprint density at radius 2 is 2.29 bits per heavy atom. The zero-order valence-corrected chi connectivity index (χ0v) is 9.95. The average molecular weight is 306 g/mol. The van der Waals surface area contributed by atoms with E-state index in [1.54, 1.807) is 25.1 Å². The van der Waals surface area contributed by atoms with Crippen LogP contribution >= 0.6 is 22.6 Å². The molecule has 1 aromatic carbocycles. The van der Waals surface area contributed by atoms with Crippen molar-refractivity contribution < 1.29 is 14.6 Å². The Hall–Kier alpha value is -0.620. The maximum atomic E-state index is 11.4. The number of ether oxygens (including phenoxy) is 1. The summed E-state index contributed by atoms with van der Waals surface area (Å²) in [7, 11) is 0. The van der Waals surface area contributed by atoms with Gasteiger partial charge in [-0.25, -0.2) is 4.79 Å². The van der Waals surface area contributed by atoms with E-state index >= 15 is 0 Å². The zero-order chi connectivity index (χ0) is 10.6. The van der Waals surface area contributed by atoms with E-state index in [1.807, 2.05) is 22.6 Å². The summed E-state index contributed by atoms with van der Waals surface area (Å²) in [5, 5.41) is 9.00. The number of esters is 1. The molecule has 0 aliphatic heterocycles. The first-order valence-electron chi connectivity index (χ1n) is 4.26. The highest BCUT2D eigenvalue weighted by molar-refractivity contribution is 14.1. The largest absolute Gasteiger partial charge is 0.462 e. The van der Waals surface area contributed by atoms with Crippen molar-refractivity contribution in [1.82, 2.24) is 0 Å². The molecule has 0 unspecified atom stereocenters. The molecule has 0 aliphatic carbocycles. The molecule has 0 spiro atoms. The number of hydrogen-bond donors (Lipinski definition) is 1. The highest BCUT2D eigenvalue weighted by atomic mass is 127. The second-order valence-electron chi connectivity index (χ2n) is 2.66. The van der Waals surface area contributed by atoms with Gasteiger partial charge in [-0.15, -0.1) is 0 Å². The van der Waals surface area contributed by atoms with Gasteiger partial charge in [0, 0.05) is 3.57 Å². The summed E-state index contributed by atoms with van der Waals surface area (Å²) in [4.78, 5) is 11.4. The Kier molecular flexibility index (Phi) is 4.34. The molecule has 3 nitrogen and oxygen atoms in total. The molecule has 0 saturated heterocycles. The van der Waals surface area contributed by atoms with Gasteiger partial charge >= 0.3 is 5.97 Å². The van der Waals surface area contributed by atoms with Gasteiger partial charge in [0.1, 0.15) is 0 Å². The van der Waals surface area contributed by atoms with Crippen molar-refractivity contribution in [2.24, 2.45) is 0 Å². The predicted molar refractivity (Wildman–Crippen MR) is 61.0 cm³/mol. The van der Waals surface area contributed by atoms with Crippen molar-refractivity contribution in [2.75, 3.05) is 6.61 Å². The van der Waals surface area contributed by atoms with Crippen LogP contribution in [0.15, 0.2) is 18.2 Å². The molecule has 14 heavy (non-hydrogen) atoms. The maximum absolute atomic E-state index is 11.4. The van der Waals surface area contributed by atoms with Crippen molar-refractivity contribution in [2.45, 2.75) is 13.5 Å². The second-order valence-corrected chi connectivity index (χ2v) is 3.74. The van der Waals surface area contributed by atoms with Gasteiger partial charge in [0.05, 0.1) is 18.8 Å². The normalized spacial score (nSPS) is 9.93. The molecule has 0 aliphatic rings. The third kappa shape index (κ3) is 2.45. The first kappa shape index (κ1) is 11.5. The summed E-state index contributed by atoms with van der Waals surface area (Å²) in [5.41, 5.74) is 1.26. The van der Waals surface area contributed by atoms with Gasteiger partial charge in [-0.1, -0.05) is 12.1 Å². The standard InChI is InChI=1S/C10H11IO3/c1-2-14-10(13)8-5-3-4-7(6-12)9(8)11/h3-5,12H,2,6H2,1H3. The van der Waals surface area contributed by atoms with Crippen LogP contribution in [0.25, 0.3) is 0 Å². The van der Waals surface area contributed by atoms with Crippen LogP contribution in [0.4, 0.5) is 0 Å². The number of carbonyl (C=O) groups excluding carboxylic acids is 1. The van der Waals surface area contributed by atoms with E-state index in [-0.39, 0.29) is 12.6 Å². The lowest BCUT2D eigenvalue weighted by atomic mass is 10.1. The molecule has 0 amide bonds. The first-order valence-corrected chi connectivity index (χ1v) is 5.34. The van der Waals surface area contributed by atoms with Crippen LogP contribution in [0.2, 0.25) is 0 Å². The topological polar surface area (TPSA) is 46.5 Å². The maximum Gasteiger partial charge on any atom is 0.339 e. The summed E-state index contributed by atoms with van der Waals surface area (Å²) >= 11 is 2.04. The van der Waals surface area contributed by atoms with Crippen LogP contribution in [0.3, 0.4) is 0 Å². The molecule has 0 saturated carbocycles. The van der Waals surface area contributed by atoms with Gasteiger partial charge in [-0.3, -0.25) is 0 Å². The second kappa shape index (κ2) is 5.31. The Morgan fingerprint density at radius 3 is 2.86 bits per heavy atom. The quantitative estimate of drug-likeness (QED) is 0.686. The first-order chi connectivity index (χ1) is 6.70. The predicted octanol–water partition coefficient (Wildman–Crippen LogP) is 1.96. The lowest BCUT2D eigenvalue weighted by Crippen LogP contribution is -2.08. The van der Waals surface area contributed by atoms with Crippen molar-refractivity contribution >= 4 is 28.6 Å². The van der Waals surface area contributed by atoms with Crippen LogP contribution in [0.1, 0.15) is 22.8 Å². The number of carbonyl (C=O) groups is 1. The SMILES string of the molecule is CCOC(=O)c1cccc(CO)c1I. The lowest BCUT2D eigenvalue weighted by molar-refractivity contribution is 0.0525. The van der Waals surface area contributed by atoms with Crippen molar-refractivity contribution in [3.05, 3.63) is 32.9 Å². The van der Waals surface area contributed by atoms with E-state index < -0.39 is 0 Å². The molecule has 76 valence electrons. The fraction of sp³-hybridized carbons (Fsp3) is 0.300. The van der Waals surface area contributed by atoms with Gasteiger partial charge < -0.3 is 9.84 Å². The number of rotatable bonds is 3. The Morgan fingerprint density at radius 1 is 1.57 bits per heavy atom. The minimum absolute atomic E-state index is 0.0640. The average Bonchev–Trinajstić information content (AvgIpc) is 2.18. The molecule has 4 heteroatoms. The lowest BCUT2D eigenvalue weighted by Gasteiger charge is -2.06. The zero-order valence-electron chi connectivity index (χ0n) is 7.79. The van der Waals surface area contributed by atoms with Crippen molar-refractivity contribution in [3.63, 3.8) is 0 Å². The summed E-state index contributed by atoms with van der Waals surface area (Å²) in [5.74, 6) is -0.341. The molecular weight excluding hydrogens is 295 g/mol. The molecule has 1 aromatic rings. The smallest absolute Gasteiger partial charge is 0.339 e. The highest BCUT2D eigenvalue weighted by Gasteiger charge is 2.12. The minimum Gasteiger partial charge on any atom is -0.462 e. The van der Waals surface area contributed by atoms with E-state index in [1.165, 1.54) is 0 Å². The van der Waals surface area contributed by atoms with Crippen LogP contribution < -0.4 is 0 Å². The molecule has 0 bridgehead atoms. The van der Waals surface area contributed by atoms with Crippen LogP contribution in [0.5, 0.6) is 0 Å². The molecule has 1 N–H and O–H groups in total. The number of halogens is 1. The summed E-state index contributed by atoms with van der Waals surface area (Å²) in [6, 6.07) is 5.21. The van der Waals surface area contributed by atoms with Crippen LogP contribution in [-0.4, -0.2) is 17.7 Å². The van der Waals surface area contributed by atoms with Crippen LogP contribution in [0, 0.1) is 3.57 Å². The number of aliphatic hydroxyl groups excluding tert-OH is 1. The third-order valence-corrected chi connectivity index (χ3v) is 3.02. The number of benzene rings is 1. The van der Waals surface area contributed by atoms with E-state index in [2.05, 4.69) is 0 Å². The van der Waals surface area contributed by atoms with Crippen LogP contribution in [-0.2, 0) is 11.3 Å². The monoisotopic (exact) mass is 306 g/mol. The Bertz CT molecular complexity index is 336. The van der Waals surface area contributed by atoms with E-state index in [0.29, 0.717) is 12.2 Å². The number of hydrogen-bond acceptors (Lipinski definition) is 3. The molecule has 0 atom stereocenters. The van der Waals surface area contributed by atoms with E-state index in [0.717, 1.165) is 9.13 Å².